The number of carbonyl (C=O) groups excluding carboxylic acids is 1. The second-order valence-corrected chi connectivity index (χ2v) is 4.73. The van der Waals surface area contributed by atoms with E-state index in [0.29, 0.717) is 6.41 Å². The maximum Gasteiger partial charge on any atom is 0.227 e. The van der Waals surface area contributed by atoms with Crippen molar-refractivity contribution in [2.75, 3.05) is 0 Å². The van der Waals surface area contributed by atoms with E-state index in [4.69, 9.17) is 0 Å². The van der Waals surface area contributed by atoms with E-state index >= 15 is 0 Å². The van der Waals surface area contributed by atoms with Crippen LogP contribution < -0.4 is 10.2 Å². The Hall–Kier alpha value is -1.62. The summed E-state index contributed by atoms with van der Waals surface area (Å²) in [5, 5.41) is 4.08. The molecule has 2 aromatic rings. The number of hydrogen-bond acceptors (Lipinski definition) is 3. The van der Waals surface area contributed by atoms with Gasteiger partial charge in [0.1, 0.15) is 0 Å². The SMILES string of the molecule is CCCCn1/c(=N\NC=O)sc2ccccc21. The van der Waals surface area contributed by atoms with Gasteiger partial charge in [-0.1, -0.05) is 36.8 Å². The van der Waals surface area contributed by atoms with Crippen LogP contribution in [0.4, 0.5) is 0 Å². The molecule has 0 unspecified atom stereocenters. The Morgan fingerprint density at radius 3 is 3.06 bits per heavy atom. The van der Waals surface area contributed by atoms with Crippen LogP contribution in [-0.2, 0) is 11.3 Å². The molecule has 1 aromatic heterocycles. The molecule has 90 valence electrons. The Labute approximate surface area is 104 Å². The lowest BCUT2D eigenvalue weighted by atomic mass is 10.3. The quantitative estimate of drug-likeness (QED) is 0.640. The number of unbranched alkanes of at least 4 members (excludes halogenated alkanes) is 1. The third kappa shape index (κ3) is 2.55. The van der Waals surface area contributed by atoms with Crippen molar-refractivity contribution >= 4 is 28.0 Å². The van der Waals surface area contributed by atoms with E-state index in [1.165, 1.54) is 10.2 Å². The molecule has 4 nitrogen and oxygen atoms in total. The molecule has 1 N–H and O–H groups in total. The van der Waals surface area contributed by atoms with Crippen LogP contribution in [0.25, 0.3) is 10.2 Å². The van der Waals surface area contributed by atoms with Gasteiger partial charge in [0.2, 0.25) is 11.2 Å². The summed E-state index contributed by atoms with van der Waals surface area (Å²) in [4.78, 5) is 11.1. The monoisotopic (exact) mass is 249 g/mol. The molecule has 0 aliphatic heterocycles. The van der Waals surface area contributed by atoms with Crippen LogP contribution in [0.5, 0.6) is 0 Å². The summed E-state index contributed by atoms with van der Waals surface area (Å²) in [5.74, 6) is 0. The highest BCUT2D eigenvalue weighted by atomic mass is 32.1. The predicted octanol–water partition coefficient (Wildman–Crippen LogP) is 2.06. The van der Waals surface area contributed by atoms with Gasteiger partial charge in [-0.2, -0.15) is 0 Å². The number of nitrogens with one attached hydrogen (secondary N) is 1. The molecule has 0 bridgehead atoms. The minimum Gasteiger partial charge on any atom is -0.315 e. The Morgan fingerprint density at radius 2 is 2.29 bits per heavy atom. The molecule has 1 amide bonds. The summed E-state index contributed by atoms with van der Waals surface area (Å²) in [7, 11) is 0. The number of amides is 1. The van der Waals surface area contributed by atoms with Crippen LogP contribution >= 0.6 is 11.3 Å². The number of rotatable bonds is 5. The number of nitrogens with zero attached hydrogens (tertiary/aromatic N) is 2. The number of carbonyl (C=O) groups is 1. The van der Waals surface area contributed by atoms with Crippen molar-refractivity contribution in [1.82, 2.24) is 9.99 Å². The average molecular weight is 249 g/mol. The molecule has 0 fully saturated rings. The summed E-state index contributed by atoms with van der Waals surface area (Å²) in [6, 6.07) is 8.19. The molecule has 0 saturated carbocycles. The molecule has 0 aliphatic carbocycles. The lowest BCUT2D eigenvalue weighted by Crippen LogP contribution is -2.19. The van der Waals surface area contributed by atoms with Crippen LogP contribution in [0.1, 0.15) is 19.8 Å². The second-order valence-electron chi connectivity index (χ2n) is 3.72. The van der Waals surface area contributed by atoms with Gasteiger partial charge in [0.05, 0.1) is 10.2 Å². The van der Waals surface area contributed by atoms with Crippen molar-refractivity contribution in [3.05, 3.63) is 29.1 Å². The minimum absolute atomic E-state index is 0.592. The zero-order valence-corrected chi connectivity index (χ0v) is 10.5. The third-order valence-corrected chi connectivity index (χ3v) is 3.60. The maximum absolute atomic E-state index is 10.3. The van der Waals surface area contributed by atoms with E-state index in [9.17, 15) is 4.79 Å². The van der Waals surface area contributed by atoms with Crippen LogP contribution in [0, 0.1) is 0 Å². The van der Waals surface area contributed by atoms with Crippen molar-refractivity contribution < 1.29 is 4.79 Å². The van der Waals surface area contributed by atoms with Crippen LogP contribution in [0.2, 0.25) is 0 Å². The predicted molar refractivity (Wildman–Crippen MR) is 69.5 cm³/mol. The summed E-state index contributed by atoms with van der Waals surface area (Å²) < 4.78 is 3.34. The number of benzene rings is 1. The average Bonchev–Trinajstić information content (AvgIpc) is 2.71. The first-order valence-corrected chi connectivity index (χ1v) is 6.49. The van der Waals surface area contributed by atoms with E-state index in [1.54, 1.807) is 11.3 Å². The normalized spacial score (nSPS) is 11.9. The Morgan fingerprint density at radius 1 is 1.47 bits per heavy atom. The largest absolute Gasteiger partial charge is 0.315 e. The summed E-state index contributed by atoms with van der Waals surface area (Å²) in [5.41, 5.74) is 3.55. The molecular formula is C12H15N3OS. The van der Waals surface area contributed by atoms with Gasteiger partial charge in [-0.05, 0) is 18.6 Å². The van der Waals surface area contributed by atoms with Crippen LogP contribution in [0.3, 0.4) is 0 Å². The smallest absolute Gasteiger partial charge is 0.227 e. The number of fused-ring (bicyclic) bond motifs is 1. The zero-order valence-electron chi connectivity index (χ0n) is 9.72. The molecule has 2 rings (SSSR count). The first kappa shape index (κ1) is 11.9. The van der Waals surface area contributed by atoms with E-state index in [2.05, 4.69) is 34.2 Å². The maximum atomic E-state index is 10.3. The highest BCUT2D eigenvalue weighted by molar-refractivity contribution is 7.16. The number of aryl methyl sites for hydroxylation is 1. The van der Waals surface area contributed by atoms with Crippen molar-refractivity contribution in [2.24, 2.45) is 5.10 Å². The molecule has 0 saturated heterocycles. The van der Waals surface area contributed by atoms with Crippen LogP contribution in [0.15, 0.2) is 29.4 Å². The molecule has 0 atom stereocenters. The molecule has 0 radical (unpaired) electrons. The number of aromatic nitrogens is 1. The van der Waals surface area contributed by atoms with Crippen molar-refractivity contribution in [2.45, 2.75) is 26.3 Å². The van der Waals surface area contributed by atoms with Gasteiger partial charge in [-0.25, -0.2) is 5.43 Å². The van der Waals surface area contributed by atoms with Gasteiger partial charge in [0, 0.05) is 6.54 Å². The highest BCUT2D eigenvalue weighted by Crippen LogP contribution is 2.16. The molecule has 0 aliphatic rings. The van der Waals surface area contributed by atoms with Gasteiger partial charge in [-0.3, -0.25) is 4.79 Å². The fourth-order valence-corrected chi connectivity index (χ4v) is 2.74. The van der Waals surface area contributed by atoms with Crippen LogP contribution in [-0.4, -0.2) is 11.0 Å². The fraction of sp³-hybridized carbons (Fsp3) is 0.333. The molecule has 1 aromatic carbocycles. The Kier molecular flexibility index (Phi) is 3.93. The number of para-hydroxylation sites is 1. The fourth-order valence-electron chi connectivity index (χ4n) is 1.72. The van der Waals surface area contributed by atoms with Crippen molar-refractivity contribution in [1.29, 1.82) is 0 Å². The lowest BCUT2D eigenvalue weighted by molar-refractivity contribution is -0.109. The van der Waals surface area contributed by atoms with Crippen molar-refractivity contribution in [3.8, 4) is 0 Å². The van der Waals surface area contributed by atoms with E-state index in [0.717, 1.165) is 24.2 Å². The summed E-state index contributed by atoms with van der Waals surface area (Å²) in [6.07, 6.45) is 2.83. The standard InChI is InChI=1S/C12H15N3OS/c1-2-3-8-15-10-6-4-5-7-11(10)17-12(15)14-13-9-16/h4-7,9H,2-3,8H2,1H3,(H,13,16)/b14-12+. The Balaban J connectivity index is 2.52. The van der Waals surface area contributed by atoms with Gasteiger partial charge >= 0.3 is 0 Å². The van der Waals surface area contributed by atoms with Crippen molar-refractivity contribution in [3.63, 3.8) is 0 Å². The van der Waals surface area contributed by atoms with Gasteiger partial charge < -0.3 is 4.57 Å². The lowest BCUT2D eigenvalue weighted by Gasteiger charge is -2.03. The molecule has 1 heterocycles. The minimum atomic E-state index is 0.592. The summed E-state index contributed by atoms with van der Waals surface area (Å²) >= 11 is 1.59. The molecular weight excluding hydrogens is 234 g/mol. The van der Waals surface area contributed by atoms with Gasteiger partial charge in [0.25, 0.3) is 0 Å². The van der Waals surface area contributed by atoms with E-state index in [-0.39, 0.29) is 0 Å². The number of thiazole rings is 1. The zero-order chi connectivity index (χ0) is 12.1. The van der Waals surface area contributed by atoms with Gasteiger partial charge in [-0.15, -0.1) is 5.10 Å². The summed E-state index contributed by atoms with van der Waals surface area (Å²) in [6.45, 7) is 3.09. The topological polar surface area (TPSA) is 46.4 Å². The highest BCUT2D eigenvalue weighted by Gasteiger charge is 2.04. The first-order chi connectivity index (χ1) is 8.36. The Bertz CT molecular complexity index is 570. The third-order valence-electron chi connectivity index (χ3n) is 2.54. The van der Waals surface area contributed by atoms with E-state index in [1.807, 2.05) is 12.1 Å². The van der Waals surface area contributed by atoms with E-state index < -0.39 is 0 Å². The second kappa shape index (κ2) is 5.63. The molecule has 17 heavy (non-hydrogen) atoms. The molecule has 0 spiro atoms. The first-order valence-electron chi connectivity index (χ1n) is 5.68. The number of hydrogen-bond donors (Lipinski definition) is 1. The van der Waals surface area contributed by atoms with Gasteiger partial charge in [0.15, 0.2) is 0 Å². The molecule has 5 heteroatoms.